The zero-order valence-corrected chi connectivity index (χ0v) is 14.8. The molecular weight excluding hydrogens is 375 g/mol. The highest BCUT2D eigenvalue weighted by molar-refractivity contribution is 6.07. The van der Waals surface area contributed by atoms with E-state index in [1.54, 1.807) is 0 Å². The van der Waals surface area contributed by atoms with Gasteiger partial charge in [-0.05, 0) is 48.9 Å². The van der Waals surface area contributed by atoms with Gasteiger partial charge in [0.2, 0.25) is 5.91 Å². The number of urea groups is 1. The van der Waals surface area contributed by atoms with Crippen LogP contribution < -0.4 is 10.6 Å². The van der Waals surface area contributed by atoms with Gasteiger partial charge >= 0.3 is 6.03 Å². The normalized spacial score (nSPS) is 18.9. The molecule has 2 aromatic carbocycles. The van der Waals surface area contributed by atoms with Crippen LogP contribution in [0.15, 0.2) is 42.5 Å². The van der Waals surface area contributed by atoms with Crippen LogP contribution in [0.4, 0.5) is 23.7 Å². The van der Waals surface area contributed by atoms with Crippen LogP contribution in [0.1, 0.15) is 18.9 Å². The molecule has 9 heteroatoms. The lowest BCUT2D eigenvalue weighted by molar-refractivity contribution is -0.131. The maximum Gasteiger partial charge on any atom is 0.325 e. The molecule has 1 saturated heterocycles. The van der Waals surface area contributed by atoms with Crippen molar-refractivity contribution in [1.82, 2.24) is 10.2 Å². The SMILES string of the molecule is C[C@]1(c2ccc(F)c(F)c2)NC(=O)N(CCC(=O)Nc2ccc(F)cc2)C1=O. The van der Waals surface area contributed by atoms with Gasteiger partial charge in [-0.1, -0.05) is 6.07 Å². The molecule has 0 aliphatic carbocycles. The molecule has 0 bridgehead atoms. The molecule has 3 rings (SSSR count). The topological polar surface area (TPSA) is 78.5 Å². The molecular formula is C19H16F3N3O3. The summed E-state index contributed by atoms with van der Waals surface area (Å²) in [6.45, 7) is 1.16. The Morgan fingerprint density at radius 1 is 1.07 bits per heavy atom. The smallest absolute Gasteiger partial charge is 0.325 e. The third-order valence-electron chi connectivity index (χ3n) is 4.46. The molecule has 4 amide bonds. The first-order valence-corrected chi connectivity index (χ1v) is 8.36. The Labute approximate surface area is 158 Å². The number of rotatable bonds is 5. The van der Waals surface area contributed by atoms with Gasteiger partial charge in [-0.3, -0.25) is 14.5 Å². The number of carbonyl (C=O) groups is 3. The zero-order chi connectivity index (χ0) is 20.5. The summed E-state index contributed by atoms with van der Waals surface area (Å²) in [6, 6.07) is 7.29. The number of benzene rings is 2. The van der Waals surface area contributed by atoms with E-state index < -0.39 is 40.8 Å². The molecule has 0 radical (unpaired) electrons. The summed E-state index contributed by atoms with van der Waals surface area (Å²) in [5, 5.41) is 4.97. The number of amides is 4. The first-order valence-electron chi connectivity index (χ1n) is 8.36. The summed E-state index contributed by atoms with van der Waals surface area (Å²) >= 11 is 0. The fourth-order valence-electron chi connectivity index (χ4n) is 2.87. The maximum absolute atomic E-state index is 13.5. The molecule has 1 aliphatic rings. The molecule has 2 N–H and O–H groups in total. The van der Waals surface area contributed by atoms with E-state index in [4.69, 9.17) is 0 Å². The van der Waals surface area contributed by atoms with Crippen molar-refractivity contribution in [3.63, 3.8) is 0 Å². The number of carbonyl (C=O) groups excluding carboxylic acids is 3. The fourth-order valence-corrected chi connectivity index (χ4v) is 2.87. The van der Waals surface area contributed by atoms with E-state index in [0.29, 0.717) is 5.69 Å². The van der Waals surface area contributed by atoms with Crippen molar-refractivity contribution in [1.29, 1.82) is 0 Å². The van der Waals surface area contributed by atoms with Crippen LogP contribution in [-0.2, 0) is 15.1 Å². The predicted octanol–water partition coefficient (Wildman–Crippen LogP) is 2.90. The Bertz CT molecular complexity index is 949. The van der Waals surface area contributed by atoms with Crippen molar-refractivity contribution >= 4 is 23.5 Å². The second kappa shape index (κ2) is 7.34. The highest BCUT2D eigenvalue weighted by Gasteiger charge is 2.49. The Morgan fingerprint density at radius 3 is 2.39 bits per heavy atom. The van der Waals surface area contributed by atoms with E-state index in [9.17, 15) is 27.6 Å². The first-order chi connectivity index (χ1) is 13.2. The molecule has 1 fully saturated rings. The van der Waals surface area contributed by atoms with Gasteiger partial charge in [0.25, 0.3) is 5.91 Å². The van der Waals surface area contributed by atoms with Crippen molar-refractivity contribution in [3.05, 3.63) is 65.5 Å². The Kier molecular flexibility index (Phi) is 5.08. The lowest BCUT2D eigenvalue weighted by Gasteiger charge is -2.22. The first kappa shape index (κ1) is 19.4. The quantitative estimate of drug-likeness (QED) is 0.770. The van der Waals surface area contributed by atoms with Gasteiger partial charge in [0.05, 0.1) is 0 Å². The van der Waals surface area contributed by atoms with Crippen LogP contribution >= 0.6 is 0 Å². The molecule has 1 heterocycles. The molecule has 1 aliphatic heterocycles. The molecule has 6 nitrogen and oxygen atoms in total. The van der Waals surface area contributed by atoms with Crippen molar-refractivity contribution < 1.29 is 27.6 Å². The summed E-state index contributed by atoms with van der Waals surface area (Å²) in [5.41, 5.74) is -1.11. The van der Waals surface area contributed by atoms with Gasteiger partial charge in [0.15, 0.2) is 11.6 Å². The van der Waals surface area contributed by atoms with Crippen LogP contribution in [0.2, 0.25) is 0 Å². The van der Waals surface area contributed by atoms with E-state index in [1.165, 1.54) is 37.3 Å². The molecule has 2 aromatic rings. The van der Waals surface area contributed by atoms with Crippen LogP contribution in [0.5, 0.6) is 0 Å². The second-order valence-corrected chi connectivity index (χ2v) is 6.45. The number of hydrogen-bond donors (Lipinski definition) is 2. The molecule has 0 spiro atoms. The van der Waals surface area contributed by atoms with Crippen molar-refractivity contribution in [2.45, 2.75) is 18.9 Å². The minimum atomic E-state index is -1.57. The van der Waals surface area contributed by atoms with E-state index in [-0.39, 0.29) is 18.5 Å². The number of hydrogen-bond acceptors (Lipinski definition) is 3. The molecule has 146 valence electrons. The third kappa shape index (κ3) is 3.68. The predicted molar refractivity (Wildman–Crippen MR) is 93.6 cm³/mol. The zero-order valence-electron chi connectivity index (χ0n) is 14.8. The minimum Gasteiger partial charge on any atom is -0.326 e. The largest absolute Gasteiger partial charge is 0.326 e. The van der Waals surface area contributed by atoms with Gasteiger partial charge in [-0.15, -0.1) is 0 Å². The summed E-state index contributed by atoms with van der Waals surface area (Å²) in [5.74, 6) is -3.82. The monoisotopic (exact) mass is 391 g/mol. The second-order valence-electron chi connectivity index (χ2n) is 6.45. The van der Waals surface area contributed by atoms with Crippen LogP contribution in [0.25, 0.3) is 0 Å². The van der Waals surface area contributed by atoms with E-state index in [0.717, 1.165) is 17.0 Å². The number of nitrogens with zero attached hydrogens (tertiary/aromatic N) is 1. The summed E-state index contributed by atoms with van der Waals surface area (Å²) in [7, 11) is 0. The van der Waals surface area contributed by atoms with Crippen LogP contribution in [0.3, 0.4) is 0 Å². The molecule has 0 saturated carbocycles. The van der Waals surface area contributed by atoms with Crippen LogP contribution in [-0.4, -0.2) is 29.3 Å². The van der Waals surface area contributed by atoms with Gasteiger partial charge in [-0.2, -0.15) is 0 Å². The van der Waals surface area contributed by atoms with Crippen molar-refractivity contribution in [2.24, 2.45) is 0 Å². The molecule has 0 aromatic heterocycles. The Hall–Kier alpha value is -3.36. The highest BCUT2D eigenvalue weighted by Crippen LogP contribution is 2.29. The number of anilines is 1. The standard InChI is InChI=1S/C19H16F3N3O3/c1-19(11-2-7-14(21)15(22)10-11)17(27)25(18(28)24-19)9-8-16(26)23-13-5-3-12(20)4-6-13/h2-7,10H,8-9H2,1H3,(H,23,26)(H,24,28)/t19-/m1/s1. The van der Waals surface area contributed by atoms with Crippen LogP contribution in [0, 0.1) is 17.5 Å². The molecule has 28 heavy (non-hydrogen) atoms. The number of halogens is 3. The lowest BCUT2D eigenvalue weighted by atomic mass is 9.92. The average Bonchev–Trinajstić information content (AvgIpc) is 2.87. The van der Waals surface area contributed by atoms with Gasteiger partial charge in [0.1, 0.15) is 11.4 Å². The summed E-state index contributed by atoms with van der Waals surface area (Å²) in [6.07, 6.45) is -0.190. The molecule has 0 unspecified atom stereocenters. The number of nitrogens with one attached hydrogen (secondary N) is 2. The van der Waals surface area contributed by atoms with E-state index in [2.05, 4.69) is 10.6 Å². The minimum absolute atomic E-state index is 0.0861. The van der Waals surface area contributed by atoms with Crippen molar-refractivity contribution in [2.75, 3.05) is 11.9 Å². The summed E-state index contributed by atoms with van der Waals surface area (Å²) in [4.78, 5) is 37.7. The average molecular weight is 391 g/mol. The number of imide groups is 1. The van der Waals surface area contributed by atoms with Gasteiger partial charge in [0, 0.05) is 18.7 Å². The third-order valence-corrected chi connectivity index (χ3v) is 4.46. The van der Waals surface area contributed by atoms with Gasteiger partial charge in [-0.25, -0.2) is 18.0 Å². The maximum atomic E-state index is 13.5. The Balaban J connectivity index is 1.67. The van der Waals surface area contributed by atoms with E-state index in [1.807, 2.05) is 0 Å². The summed E-state index contributed by atoms with van der Waals surface area (Å²) < 4.78 is 39.5. The lowest BCUT2D eigenvalue weighted by Crippen LogP contribution is -2.41. The molecule has 1 atom stereocenters. The van der Waals surface area contributed by atoms with Crippen molar-refractivity contribution in [3.8, 4) is 0 Å². The highest BCUT2D eigenvalue weighted by atomic mass is 19.2. The van der Waals surface area contributed by atoms with Gasteiger partial charge < -0.3 is 10.6 Å². The fraction of sp³-hybridized carbons (Fsp3) is 0.211. The van der Waals surface area contributed by atoms with E-state index >= 15 is 0 Å². The Morgan fingerprint density at radius 2 is 1.75 bits per heavy atom.